The molecule has 6 nitrogen and oxygen atoms in total. The lowest BCUT2D eigenvalue weighted by molar-refractivity contribution is 0.0701. The van der Waals surface area contributed by atoms with Gasteiger partial charge in [0.25, 0.3) is 0 Å². The Balaban J connectivity index is 2.22. The second-order valence-corrected chi connectivity index (χ2v) is 7.59. The normalized spacial score (nSPS) is 22.0. The van der Waals surface area contributed by atoms with Crippen molar-refractivity contribution in [3.05, 3.63) is 10.6 Å². The van der Waals surface area contributed by atoms with Crippen LogP contribution in [0.4, 0.5) is 5.13 Å². The SMILES string of the molecule is Cc1nc(N(C)C2CCS(=O)(=O)C2)sc1C(=O)O. The van der Waals surface area contributed by atoms with Crippen LogP contribution in [0.5, 0.6) is 0 Å². The molecule has 0 spiro atoms. The van der Waals surface area contributed by atoms with Crippen LogP contribution in [0.2, 0.25) is 0 Å². The average molecular weight is 290 g/mol. The second kappa shape index (κ2) is 4.51. The van der Waals surface area contributed by atoms with Gasteiger partial charge in [0.15, 0.2) is 15.0 Å². The molecule has 0 amide bonds. The molecule has 1 aromatic rings. The first-order valence-corrected chi connectivity index (χ1v) is 8.08. The summed E-state index contributed by atoms with van der Waals surface area (Å²) in [6, 6.07) is -0.109. The number of aromatic nitrogens is 1. The Morgan fingerprint density at radius 3 is 2.67 bits per heavy atom. The fourth-order valence-corrected chi connectivity index (χ4v) is 4.68. The highest BCUT2D eigenvalue weighted by Crippen LogP contribution is 2.29. The first-order chi connectivity index (χ1) is 8.30. The van der Waals surface area contributed by atoms with Crippen LogP contribution in [0, 0.1) is 6.92 Å². The van der Waals surface area contributed by atoms with Crippen LogP contribution in [0.3, 0.4) is 0 Å². The van der Waals surface area contributed by atoms with Crippen molar-refractivity contribution in [2.45, 2.75) is 19.4 Å². The van der Waals surface area contributed by atoms with E-state index in [1.54, 1.807) is 18.9 Å². The van der Waals surface area contributed by atoms with Crippen LogP contribution in [0.1, 0.15) is 21.8 Å². The van der Waals surface area contributed by atoms with E-state index in [0.29, 0.717) is 17.2 Å². The maximum Gasteiger partial charge on any atom is 0.347 e. The lowest BCUT2D eigenvalue weighted by atomic mass is 10.2. The minimum Gasteiger partial charge on any atom is -0.477 e. The summed E-state index contributed by atoms with van der Waals surface area (Å²) in [5.41, 5.74) is 0.468. The number of carboxylic acid groups (broad SMARTS) is 1. The van der Waals surface area contributed by atoms with Crippen LogP contribution in [0.15, 0.2) is 0 Å². The molecule has 1 unspecified atom stereocenters. The van der Waals surface area contributed by atoms with Gasteiger partial charge >= 0.3 is 5.97 Å². The Morgan fingerprint density at radius 1 is 1.56 bits per heavy atom. The van der Waals surface area contributed by atoms with Gasteiger partial charge in [-0.05, 0) is 13.3 Å². The highest BCUT2D eigenvalue weighted by Gasteiger charge is 2.32. The molecule has 18 heavy (non-hydrogen) atoms. The Labute approximate surface area is 109 Å². The number of hydrogen-bond acceptors (Lipinski definition) is 6. The van der Waals surface area contributed by atoms with Gasteiger partial charge in [-0.3, -0.25) is 0 Å². The minimum atomic E-state index is -2.95. The fraction of sp³-hybridized carbons (Fsp3) is 0.600. The summed E-state index contributed by atoms with van der Waals surface area (Å²) in [5, 5.41) is 9.53. The van der Waals surface area contributed by atoms with Gasteiger partial charge in [0, 0.05) is 13.1 Å². The summed E-state index contributed by atoms with van der Waals surface area (Å²) in [5.74, 6) is -0.688. The van der Waals surface area contributed by atoms with Crippen LogP contribution < -0.4 is 4.90 Å². The predicted octanol–water partition coefficient (Wildman–Crippen LogP) is 0.773. The van der Waals surface area contributed by atoms with E-state index in [-0.39, 0.29) is 22.4 Å². The third-order valence-electron chi connectivity index (χ3n) is 3.04. The molecule has 8 heteroatoms. The number of nitrogens with zero attached hydrogens (tertiary/aromatic N) is 2. The zero-order chi connectivity index (χ0) is 13.5. The molecular formula is C10H14N2O4S2. The lowest BCUT2D eigenvalue weighted by Crippen LogP contribution is -2.32. The smallest absolute Gasteiger partial charge is 0.347 e. The summed E-state index contributed by atoms with van der Waals surface area (Å²) in [7, 11) is -1.19. The average Bonchev–Trinajstić information content (AvgIpc) is 2.80. The van der Waals surface area contributed by atoms with Gasteiger partial charge in [-0.1, -0.05) is 11.3 Å². The van der Waals surface area contributed by atoms with Crippen molar-refractivity contribution in [2.24, 2.45) is 0 Å². The van der Waals surface area contributed by atoms with Crippen molar-refractivity contribution < 1.29 is 18.3 Å². The molecule has 0 radical (unpaired) electrons. The van der Waals surface area contributed by atoms with Gasteiger partial charge < -0.3 is 10.0 Å². The van der Waals surface area contributed by atoms with Gasteiger partial charge in [-0.2, -0.15) is 0 Å². The molecule has 100 valence electrons. The van der Waals surface area contributed by atoms with Gasteiger partial charge in [-0.15, -0.1) is 0 Å². The Morgan fingerprint density at radius 2 is 2.22 bits per heavy atom. The first kappa shape index (κ1) is 13.3. The maximum absolute atomic E-state index is 11.4. The topological polar surface area (TPSA) is 87.6 Å². The van der Waals surface area contributed by atoms with Gasteiger partial charge in [0.05, 0.1) is 17.2 Å². The summed E-state index contributed by atoms with van der Waals surface area (Å²) in [6.07, 6.45) is 0.569. The Bertz CT molecular complexity index is 579. The molecule has 1 fully saturated rings. The fourth-order valence-electron chi connectivity index (χ4n) is 1.97. The maximum atomic E-state index is 11.4. The number of thiazole rings is 1. The zero-order valence-corrected chi connectivity index (χ0v) is 11.7. The number of anilines is 1. The number of carboxylic acids is 1. The van der Waals surface area contributed by atoms with Crippen molar-refractivity contribution in [2.75, 3.05) is 23.5 Å². The van der Waals surface area contributed by atoms with E-state index in [1.807, 2.05) is 0 Å². The van der Waals surface area contributed by atoms with E-state index in [9.17, 15) is 13.2 Å². The molecule has 1 aliphatic rings. The second-order valence-electron chi connectivity index (χ2n) is 4.38. The van der Waals surface area contributed by atoms with Crippen molar-refractivity contribution in [1.82, 2.24) is 4.98 Å². The van der Waals surface area contributed by atoms with Crippen molar-refractivity contribution in [3.8, 4) is 0 Å². The van der Waals surface area contributed by atoms with Crippen molar-refractivity contribution in [3.63, 3.8) is 0 Å². The molecule has 1 atom stereocenters. The van der Waals surface area contributed by atoms with E-state index in [4.69, 9.17) is 5.11 Å². The summed E-state index contributed by atoms with van der Waals surface area (Å²) < 4.78 is 22.8. The quantitative estimate of drug-likeness (QED) is 0.885. The van der Waals surface area contributed by atoms with E-state index in [0.717, 1.165) is 11.3 Å². The summed E-state index contributed by atoms with van der Waals surface area (Å²) >= 11 is 1.08. The molecule has 1 aromatic heterocycles. The molecule has 0 bridgehead atoms. The molecule has 0 aliphatic carbocycles. The van der Waals surface area contributed by atoms with Crippen LogP contribution >= 0.6 is 11.3 Å². The number of rotatable bonds is 3. The number of hydrogen-bond donors (Lipinski definition) is 1. The third-order valence-corrected chi connectivity index (χ3v) is 6.02. The molecule has 1 saturated heterocycles. The molecule has 1 N–H and O–H groups in total. The predicted molar refractivity (Wildman–Crippen MR) is 69.3 cm³/mol. The first-order valence-electron chi connectivity index (χ1n) is 5.44. The van der Waals surface area contributed by atoms with Crippen molar-refractivity contribution in [1.29, 1.82) is 0 Å². The number of aromatic carboxylic acids is 1. The van der Waals surface area contributed by atoms with E-state index >= 15 is 0 Å². The number of aryl methyl sites for hydroxylation is 1. The number of sulfone groups is 1. The molecule has 2 rings (SSSR count). The highest BCUT2D eigenvalue weighted by molar-refractivity contribution is 7.91. The van der Waals surface area contributed by atoms with Crippen LogP contribution in [-0.2, 0) is 9.84 Å². The van der Waals surface area contributed by atoms with Crippen LogP contribution in [0.25, 0.3) is 0 Å². The van der Waals surface area contributed by atoms with E-state index in [2.05, 4.69) is 4.98 Å². The van der Waals surface area contributed by atoms with Crippen molar-refractivity contribution >= 4 is 32.3 Å². The minimum absolute atomic E-state index is 0.109. The molecule has 0 saturated carbocycles. The third kappa shape index (κ3) is 2.49. The molecule has 0 aromatic carbocycles. The lowest BCUT2D eigenvalue weighted by Gasteiger charge is -2.22. The van der Waals surface area contributed by atoms with Gasteiger partial charge in [0.1, 0.15) is 4.88 Å². The summed E-state index contributed by atoms with van der Waals surface area (Å²) in [4.78, 5) is 17.1. The van der Waals surface area contributed by atoms with Gasteiger partial charge in [0.2, 0.25) is 0 Å². The van der Waals surface area contributed by atoms with Crippen LogP contribution in [-0.4, -0.2) is 49.1 Å². The standard InChI is InChI=1S/C10H14N2O4S2/c1-6-8(9(13)14)17-10(11-6)12(2)7-3-4-18(15,16)5-7/h7H,3-5H2,1-2H3,(H,13,14). The van der Waals surface area contributed by atoms with E-state index in [1.165, 1.54) is 0 Å². The zero-order valence-electron chi connectivity index (χ0n) is 10.1. The molecular weight excluding hydrogens is 276 g/mol. The van der Waals surface area contributed by atoms with Gasteiger partial charge in [-0.25, -0.2) is 18.2 Å². The Hall–Kier alpha value is -1.15. The summed E-state index contributed by atoms with van der Waals surface area (Å²) in [6.45, 7) is 1.64. The molecule has 1 aliphatic heterocycles. The molecule has 2 heterocycles. The number of carbonyl (C=O) groups is 1. The Kier molecular flexibility index (Phi) is 3.33. The monoisotopic (exact) mass is 290 g/mol. The highest BCUT2D eigenvalue weighted by atomic mass is 32.2. The van der Waals surface area contributed by atoms with E-state index < -0.39 is 15.8 Å². The largest absolute Gasteiger partial charge is 0.477 e.